The highest BCUT2D eigenvalue weighted by Crippen LogP contribution is 2.36. The summed E-state index contributed by atoms with van der Waals surface area (Å²) in [5.41, 5.74) is 4.71. The van der Waals surface area contributed by atoms with E-state index >= 15 is 0 Å². The van der Waals surface area contributed by atoms with Gasteiger partial charge in [0.25, 0.3) is 0 Å². The molecule has 1 heterocycles. The molecule has 5 radical (unpaired) electrons. The molecule has 1 unspecified atom stereocenters. The second kappa shape index (κ2) is 7.99. The lowest BCUT2D eigenvalue weighted by molar-refractivity contribution is 0.709. The molecule has 1 saturated carbocycles. The Kier molecular flexibility index (Phi) is 5.28. The van der Waals surface area contributed by atoms with Crippen molar-refractivity contribution in [2.24, 2.45) is 5.10 Å². The van der Waals surface area contributed by atoms with Gasteiger partial charge in [-0.3, -0.25) is 5.01 Å². The number of allylic oxidation sites excluding steroid dienone is 2. The van der Waals surface area contributed by atoms with Gasteiger partial charge in [-0.25, -0.2) is 0 Å². The van der Waals surface area contributed by atoms with Crippen molar-refractivity contribution in [1.29, 1.82) is 0 Å². The largest absolute Gasteiger partial charge is 0.378 e. The Labute approximate surface area is 163 Å². The topological polar surface area (TPSA) is 18.8 Å². The lowest BCUT2D eigenvalue weighted by Crippen LogP contribution is -2.18. The summed E-state index contributed by atoms with van der Waals surface area (Å²) in [4.78, 5) is 2.12. The van der Waals surface area contributed by atoms with Gasteiger partial charge in [0.1, 0.15) is 0 Å². The second-order valence-electron chi connectivity index (χ2n) is 7.03. The van der Waals surface area contributed by atoms with Gasteiger partial charge in [0.05, 0.1) is 17.4 Å². The molecule has 0 aromatic heterocycles. The van der Waals surface area contributed by atoms with Crippen LogP contribution in [-0.2, 0) is 0 Å². The second-order valence-corrected chi connectivity index (χ2v) is 7.03. The van der Waals surface area contributed by atoms with E-state index in [1.807, 2.05) is 6.07 Å². The third kappa shape index (κ3) is 4.08. The van der Waals surface area contributed by atoms with Crippen molar-refractivity contribution in [3.63, 3.8) is 0 Å². The zero-order valence-corrected chi connectivity index (χ0v) is 15.8. The van der Waals surface area contributed by atoms with Gasteiger partial charge in [0.15, 0.2) is 0 Å². The van der Waals surface area contributed by atoms with Gasteiger partial charge >= 0.3 is 0 Å². The maximum absolute atomic E-state index is 4.93. The predicted molar refractivity (Wildman–Crippen MR) is 114 cm³/mol. The van der Waals surface area contributed by atoms with Crippen LogP contribution in [0.3, 0.4) is 0 Å². The number of benzene rings is 2. The summed E-state index contributed by atoms with van der Waals surface area (Å²) >= 11 is 0. The Balaban J connectivity index is 1.59. The van der Waals surface area contributed by atoms with Crippen molar-refractivity contribution in [2.75, 3.05) is 24.0 Å². The van der Waals surface area contributed by atoms with Crippen LogP contribution >= 0.6 is 0 Å². The Bertz CT molecular complexity index is 799. The zero-order chi connectivity index (χ0) is 18.6. The van der Waals surface area contributed by atoms with Crippen LogP contribution in [0, 0.1) is 31.6 Å². The average molecular weight is 354 g/mol. The highest BCUT2D eigenvalue weighted by atomic mass is 15.5. The van der Waals surface area contributed by atoms with Gasteiger partial charge in [-0.15, -0.1) is 0 Å². The molecule has 4 rings (SSSR count). The molecule has 1 atom stereocenters. The van der Waals surface area contributed by atoms with E-state index in [-0.39, 0.29) is 6.04 Å². The number of hydrogen-bond donors (Lipinski definition) is 0. The van der Waals surface area contributed by atoms with Crippen LogP contribution in [0.2, 0.25) is 0 Å². The van der Waals surface area contributed by atoms with E-state index in [2.05, 4.69) is 110 Å². The van der Waals surface area contributed by atoms with Gasteiger partial charge in [-0.1, -0.05) is 36.4 Å². The van der Waals surface area contributed by atoms with Gasteiger partial charge in [0, 0.05) is 32.1 Å². The minimum absolute atomic E-state index is 0.211. The molecule has 2 aromatic carbocycles. The minimum Gasteiger partial charge on any atom is -0.378 e. The predicted octanol–water partition coefficient (Wildman–Crippen LogP) is 5.02. The monoisotopic (exact) mass is 354 g/mol. The summed E-state index contributed by atoms with van der Waals surface area (Å²) < 4.78 is 0. The van der Waals surface area contributed by atoms with E-state index in [1.54, 1.807) is 0 Å². The van der Waals surface area contributed by atoms with Gasteiger partial charge in [0.2, 0.25) is 0 Å². The Morgan fingerprint density at radius 2 is 1.63 bits per heavy atom. The van der Waals surface area contributed by atoms with E-state index in [0.717, 1.165) is 17.8 Å². The fourth-order valence-electron chi connectivity index (χ4n) is 3.40. The van der Waals surface area contributed by atoms with Crippen molar-refractivity contribution >= 4 is 17.1 Å². The van der Waals surface area contributed by atoms with E-state index in [4.69, 9.17) is 5.10 Å². The normalized spacial score (nSPS) is 20.4. The third-order valence-corrected chi connectivity index (χ3v) is 4.91. The molecule has 1 fully saturated rings. The summed E-state index contributed by atoms with van der Waals surface area (Å²) in [7, 11) is 4.13. The molecule has 2 aliphatic rings. The van der Waals surface area contributed by atoms with Crippen LogP contribution < -0.4 is 9.91 Å². The molecular weight excluding hydrogens is 330 g/mol. The van der Waals surface area contributed by atoms with E-state index in [0.29, 0.717) is 0 Å². The van der Waals surface area contributed by atoms with Crippen molar-refractivity contribution < 1.29 is 0 Å². The summed E-state index contributed by atoms with van der Waals surface area (Å²) in [5, 5.41) is 7.07. The Morgan fingerprint density at radius 1 is 0.926 bits per heavy atom. The fraction of sp³-hybridized carbons (Fsp3) is 0.167. The molecule has 0 saturated heterocycles. The van der Waals surface area contributed by atoms with Crippen LogP contribution in [0.5, 0.6) is 0 Å². The first-order valence-corrected chi connectivity index (χ1v) is 9.29. The maximum atomic E-state index is 4.93. The number of para-hydroxylation sites is 1. The van der Waals surface area contributed by atoms with Crippen LogP contribution in [0.1, 0.15) is 18.0 Å². The molecule has 3 heteroatoms. The molecule has 135 valence electrons. The number of hydrazone groups is 1. The quantitative estimate of drug-likeness (QED) is 0.751. The number of rotatable bonds is 5. The molecule has 1 aliphatic carbocycles. The maximum Gasteiger partial charge on any atom is 0.0831 e. The van der Waals surface area contributed by atoms with Crippen LogP contribution in [0.25, 0.3) is 0 Å². The number of nitrogens with zero attached hydrogens (tertiary/aromatic N) is 3. The Morgan fingerprint density at radius 3 is 2.30 bits per heavy atom. The first kappa shape index (κ1) is 17.8. The SMILES string of the molecule is CN(C)c1ccc(C2CC(/C=C/[C]3[CH][CH][CH][CH]3)=NN2c2ccccc2)cc1. The van der Waals surface area contributed by atoms with Gasteiger partial charge in [-0.2, -0.15) is 5.10 Å². The van der Waals surface area contributed by atoms with Crippen molar-refractivity contribution in [2.45, 2.75) is 12.5 Å². The molecule has 1 aliphatic heterocycles. The highest BCUT2D eigenvalue weighted by molar-refractivity contribution is 5.98. The molecule has 0 spiro atoms. The fourth-order valence-corrected chi connectivity index (χ4v) is 3.40. The van der Waals surface area contributed by atoms with Gasteiger partial charge in [-0.05, 0) is 61.6 Å². The number of hydrogen-bond acceptors (Lipinski definition) is 3. The molecule has 2 aromatic rings. The van der Waals surface area contributed by atoms with Crippen molar-refractivity contribution in [3.8, 4) is 0 Å². The smallest absolute Gasteiger partial charge is 0.0831 e. The zero-order valence-electron chi connectivity index (χ0n) is 15.8. The summed E-state index contributed by atoms with van der Waals surface area (Å²) in [6, 6.07) is 19.4. The average Bonchev–Trinajstić information content (AvgIpc) is 3.37. The van der Waals surface area contributed by atoms with Crippen LogP contribution in [0.15, 0.2) is 71.9 Å². The molecule has 3 nitrogen and oxygen atoms in total. The highest BCUT2D eigenvalue weighted by Gasteiger charge is 2.28. The van der Waals surface area contributed by atoms with Crippen molar-refractivity contribution in [3.05, 3.63) is 104 Å². The van der Waals surface area contributed by atoms with Crippen LogP contribution in [0.4, 0.5) is 11.4 Å². The third-order valence-electron chi connectivity index (χ3n) is 4.91. The lowest BCUT2D eigenvalue weighted by Gasteiger charge is -2.24. The summed E-state index contributed by atoms with van der Waals surface area (Å²) in [5.74, 6) is 1.21. The molecule has 0 bridgehead atoms. The number of anilines is 2. The lowest BCUT2D eigenvalue weighted by atomic mass is 9.99. The first-order chi connectivity index (χ1) is 13.2. The Hall–Kier alpha value is -2.55. The summed E-state index contributed by atoms with van der Waals surface area (Å²) in [6.45, 7) is 0. The van der Waals surface area contributed by atoms with Crippen LogP contribution in [-0.4, -0.2) is 19.8 Å². The standard InChI is InChI=1S/C24H24N3/c1-26(2)22-16-13-20(14-17-22)24-18-21(15-12-19-8-6-7-9-19)25-27(24)23-10-4-3-5-11-23/h3-17,24H,18H2,1-2H3/b15-12+. The van der Waals surface area contributed by atoms with Crippen molar-refractivity contribution in [1.82, 2.24) is 0 Å². The molecule has 0 N–H and O–H groups in total. The minimum atomic E-state index is 0.211. The van der Waals surface area contributed by atoms with Gasteiger partial charge < -0.3 is 4.90 Å². The molecular formula is C24H24N3. The first-order valence-electron chi connectivity index (χ1n) is 9.29. The van der Waals surface area contributed by atoms with E-state index in [9.17, 15) is 0 Å². The summed E-state index contributed by atoms with van der Waals surface area (Å²) in [6.07, 6.45) is 13.5. The molecule has 27 heavy (non-hydrogen) atoms. The van der Waals surface area contributed by atoms with E-state index < -0.39 is 0 Å². The molecule has 0 amide bonds. The van der Waals surface area contributed by atoms with E-state index in [1.165, 1.54) is 17.2 Å².